The van der Waals surface area contributed by atoms with Crippen molar-refractivity contribution in [2.24, 2.45) is 0 Å². The van der Waals surface area contributed by atoms with E-state index < -0.39 is 34.3 Å². The normalized spacial score (nSPS) is 14.6. The molecule has 0 aromatic heterocycles. The molecule has 0 heterocycles. The Labute approximate surface area is 241 Å². The smallest absolute Gasteiger partial charge is 0.244 e. The van der Waals surface area contributed by atoms with Crippen molar-refractivity contribution in [3.63, 3.8) is 0 Å². The number of ether oxygens (including phenoxy) is 1. The van der Waals surface area contributed by atoms with Crippen LogP contribution in [0.5, 0.6) is 11.5 Å². The molecule has 218 valence electrons. The highest BCUT2D eigenvalue weighted by atomic mass is 32.2. The standard InChI is InChI=1S/C31H36FN3O5S/c1-23(31(37)33-25-12-5-3-6-13-25)34(21-24-11-9-10-16-29(24)32)30(36)22-35(41(2,38)39)26-17-19-28(20-18-26)40-27-14-7-4-8-15-27/h4,7-11,14-20,23,25H,3,5-6,12-13,21-22H2,1-2H3,(H,33,37). The first-order valence-corrected chi connectivity index (χ1v) is 15.6. The minimum absolute atomic E-state index is 0.0215. The highest BCUT2D eigenvalue weighted by Gasteiger charge is 2.31. The fourth-order valence-electron chi connectivity index (χ4n) is 4.88. The molecular formula is C31H36FN3O5S. The van der Waals surface area contributed by atoms with Crippen molar-refractivity contribution in [2.75, 3.05) is 17.1 Å². The molecular weight excluding hydrogens is 545 g/mol. The van der Waals surface area contributed by atoms with Gasteiger partial charge >= 0.3 is 0 Å². The van der Waals surface area contributed by atoms with Crippen LogP contribution in [0.4, 0.5) is 10.1 Å². The molecule has 1 fully saturated rings. The molecule has 0 saturated heterocycles. The van der Waals surface area contributed by atoms with Crippen molar-refractivity contribution >= 4 is 27.5 Å². The third kappa shape index (κ3) is 8.29. The van der Waals surface area contributed by atoms with Gasteiger partial charge in [-0.3, -0.25) is 13.9 Å². The van der Waals surface area contributed by atoms with Crippen molar-refractivity contribution in [1.29, 1.82) is 0 Å². The Bertz CT molecular complexity index is 1430. The summed E-state index contributed by atoms with van der Waals surface area (Å²) in [7, 11) is -3.90. The summed E-state index contributed by atoms with van der Waals surface area (Å²) in [5.74, 6) is -0.378. The SMILES string of the molecule is CC(C(=O)NC1CCCCC1)N(Cc1ccccc1F)C(=O)CN(c1ccc(Oc2ccccc2)cc1)S(C)(=O)=O. The lowest BCUT2D eigenvalue weighted by atomic mass is 9.95. The van der Waals surface area contributed by atoms with Gasteiger partial charge in [0, 0.05) is 18.2 Å². The zero-order valence-electron chi connectivity index (χ0n) is 23.3. The molecule has 2 amide bonds. The molecule has 0 radical (unpaired) electrons. The number of carbonyl (C=O) groups excluding carboxylic acids is 2. The third-order valence-electron chi connectivity index (χ3n) is 7.20. The Balaban J connectivity index is 1.55. The van der Waals surface area contributed by atoms with Gasteiger partial charge in [0.05, 0.1) is 11.9 Å². The molecule has 4 rings (SSSR count). The predicted molar refractivity (Wildman–Crippen MR) is 157 cm³/mol. The molecule has 8 nitrogen and oxygen atoms in total. The molecule has 0 bridgehead atoms. The number of carbonyl (C=O) groups is 2. The van der Waals surface area contributed by atoms with Crippen LogP contribution in [0.3, 0.4) is 0 Å². The first kappa shape index (κ1) is 30.0. The first-order valence-electron chi connectivity index (χ1n) is 13.8. The van der Waals surface area contributed by atoms with Gasteiger partial charge in [-0.2, -0.15) is 0 Å². The van der Waals surface area contributed by atoms with Crippen molar-refractivity contribution in [3.05, 3.63) is 90.2 Å². The number of para-hydroxylation sites is 1. The number of nitrogens with one attached hydrogen (secondary N) is 1. The van der Waals surface area contributed by atoms with Crippen molar-refractivity contribution in [2.45, 2.75) is 57.7 Å². The second kappa shape index (κ2) is 13.6. The van der Waals surface area contributed by atoms with Gasteiger partial charge in [-0.15, -0.1) is 0 Å². The van der Waals surface area contributed by atoms with Gasteiger partial charge in [-0.1, -0.05) is 55.7 Å². The summed E-state index contributed by atoms with van der Waals surface area (Å²) in [6, 6.07) is 20.5. The van der Waals surface area contributed by atoms with E-state index >= 15 is 0 Å². The zero-order chi connectivity index (χ0) is 29.4. The maximum absolute atomic E-state index is 14.6. The third-order valence-corrected chi connectivity index (χ3v) is 8.34. The summed E-state index contributed by atoms with van der Waals surface area (Å²) in [6.07, 6.45) is 5.91. The summed E-state index contributed by atoms with van der Waals surface area (Å²) in [5.41, 5.74) is 0.484. The molecule has 1 saturated carbocycles. The number of nitrogens with zero attached hydrogens (tertiary/aromatic N) is 2. The molecule has 0 aliphatic heterocycles. The molecule has 3 aromatic carbocycles. The Morgan fingerprint density at radius 1 is 0.927 bits per heavy atom. The summed E-state index contributed by atoms with van der Waals surface area (Å²) >= 11 is 0. The lowest BCUT2D eigenvalue weighted by Crippen LogP contribution is -2.53. The van der Waals surface area contributed by atoms with Gasteiger partial charge in [-0.25, -0.2) is 12.8 Å². The van der Waals surface area contributed by atoms with Crippen molar-refractivity contribution < 1.29 is 27.1 Å². The van der Waals surface area contributed by atoms with Crippen LogP contribution in [0.1, 0.15) is 44.6 Å². The van der Waals surface area contributed by atoms with E-state index in [9.17, 15) is 22.4 Å². The predicted octanol–water partition coefficient (Wildman–Crippen LogP) is 5.25. The fourth-order valence-corrected chi connectivity index (χ4v) is 5.73. The van der Waals surface area contributed by atoms with E-state index in [-0.39, 0.29) is 29.7 Å². The maximum Gasteiger partial charge on any atom is 0.244 e. The second-order valence-corrected chi connectivity index (χ2v) is 12.2. The minimum Gasteiger partial charge on any atom is -0.457 e. The van der Waals surface area contributed by atoms with Gasteiger partial charge in [0.15, 0.2) is 0 Å². The number of amides is 2. The number of benzene rings is 3. The summed E-state index contributed by atoms with van der Waals surface area (Å²) in [6.45, 7) is 0.830. The summed E-state index contributed by atoms with van der Waals surface area (Å²) in [4.78, 5) is 28.2. The van der Waals surface area contributed by atoms with Crippen molar-refractivity contribution in [3.8, 4) is 11.5 Å². The van der Waals surface area contributed by atoms with Crippen LogP contribution in [-0.2, 0) is 26.2 Å². The number of halogens is 1. The number of hydrogen-bond donors (Lipinski definition) is 1. The van der Waals surface area contributed by atoms with Crippen LogP contribution >= 0.6 is 0 Å². The van der Waals surface area contributed by atoms with E-state index in [1.165, 1.54) is 11.0 Å². The average molecular weight is 582 g/mol. The molecule has 41 heavy (non-hydrogen) atoms. The monoisotopic (exact) mass is 581 g/mol. The van der Waals surface area contributed by atoms with Crippen LogP contribution in [-0.4, -0.2) is 50.0 Å². The molecule has 1 atom stereocenters. The lowest BCUT2D eigenvalue weighted by molar-refractivity contribution is -0.139. The van der Waals surface area contributed by atoms with E-state index in [2.05, 4.69) is 5.32 Å². The van der Waals surface area contributed by atoms with Gasteiger partial charge < -0.3 is 15.0 Å². The Hall–Kier alpha value is -3.92. The number of rotatable bonds is 11. The lowest BCUT2D eigenvalue weighted by Gasteiger charge is -2.33. The first-order chi connectivity index (χ1) is 19.6. The van der Waals surface area contributed by atoms with Crippen LogP contribution < -0.4 is 14.4 Å². The molecule has 0 spiro atoms. The number of anilines is 1. The Morgan fingerprint density at radius 3 is 2.17 bits per heavy atom. The molecule has 1 aliphatic carbocycles. The van der Waals surface area contributed by atoms with Gasteiger partial charge in [0.25, 0.3) is 0 Å². The number of hydrogen-bond acceptors (Lipinski definition) is 5. The molecule has 3 aromatic rings. The Morgan fingerprint density at radius 2 is 1.54 bits per heavy atom. The highest BCUT2D eigenvalue weighted by molar-refractivity contribution is 7.92. The molecule has 1 aliphatic rings. The van der Waals surface area contributed by atoms with E-state index in [0.717, 1.165) is 42.7 Å². The topological polar surface area (TPSA) is 96.0 Å². The van der Waals surface area contributed by atoms with Gasteiger partial charge in [0.2, 0.25) is 21.8 Å². The fraction of sp³-hybridized carbons (Fsp3) is 0.355. The van der Waals surface area contributed by atoms with Crippen LogP contribution in [0, 0.1) is 5.82 Å². The molecule has 1 unspecified atom stereocenters. The maximum atomic E-state index is 14.6. The summed E-state index contributed by atoms with van der Waals surface area (Å²) in [5, 5.41) is 3.02. The largest absolute Gasteiger partial charge is 0.457 e. The Kier molecular flexibility index (Phi) is 9.99. The summed E-state index contributed by atoms with van der Waals surface area (Å²) < 4.78 is 47.0. The zero-order valence-corrected chi connectivity index (χ0v) is 24.1. The second-order valence-electron chi connectivity index (χ2n) is 10.3. The molecule has 1 N–H and O–H groups in total. The van der Waals surface area contributed by atoms with Gasteiger partial charge in [-0.05, 0) is 62.2 Å². The van der Waals surface area contributed by atoms with Crippen LogP contribution in [0.25, 0.3) is 0 Å². The van der Waals surface area contributed by atoms with E-state index in [0.29, 0.717) is 11.5 Å². The average Bonchev–Trinajstić information content (AvgIpc) is 2.96. The van der Waals surface area contributed by atoms with E-state index in [4.69, 9.17) is 4.74 Å². The van der Waals surface area contributed by atoms with Crippen LogP contribution in [0.2, 0.25) is 0 Å². The number of sulfonamides is 1. The van der Waals surface area contributed by atoms with Crippen LogP contribution in [0.15, 0.2) is 78.9 Å². The molecule has 10 heteroatoms. The van der Waals surface area contributed by atoms with Gasteiger partial charge in [0.1, 0.15) is 29.9 Å². The highest BCUT2D eigenvalue weighted by Crippen LogP contribution is 2.26. The van der Waals surface area contributed by atoms with E-state index in [1.807, 2.05) is 18.2 Å². The minimum atomic E-state index is -3.90. The van der Waals surface area contributed by atoms with E-state index in [1.54, 1.807) is 61.5 Å². The van der Waals surface area contributed by atoms with Crippen molar-refractivity contribution in [1.82, 2.24) is 10.2 Å². The quantitative estimate of drug-likeness (QED) is 0.334.